The van der Waals surface area contributed by atoms with E-state index in [4.69, 9.17) is 5.73 Å². The number of aromatic nitrogens is 1. The SMILES string of the molecule is CN(C)c1cccnc1CN=C(N)Nc1cccc2c1CCCC2.I. The number of pyridine rings is 1. The molecule has 1 aromatic carbocycles. The van der Waals surface area contributed by atoms with E-state index in [1.54, 1.807) is 6.20 Å². The molecule has 3 rings (SSSR count). The number of hydrogen-bond acceptors (Lipinski definition) is 3. The van der Waals surface area contributed by atoms with Crippen LogP contribution in [0.15, 0.2) is 41.5 Å². The Labute approximate surface area is 166 Å². The van der Waals surface area contributed by atoms with Crippen molar-refractivity contribution in [3.63, 3.8) is 0 Å². The van der Waals surface area contributed by atoms with Crippen LogP contribution >= 0.6 is 24.0 Å². The molecule has 25 heavy (non-hydrogen) atoms. The molecule has 0 atom stereocenters. The first-order valence-electron chi connectivity index (χ1n) is 8.44. The van der Waals surface area contributed by atoms with Crippen LogP contribution in [0.4, 0.5) is 11.4 Å². The van der Waals surface area contributed by atoms with Crippen LogP contribution in [-0.2, 0) is 19.4 Å². The zero-order valence-electron chi connectivity index (χ0n) is 14.8. The number of aliphatic imine (C=N–C) groups is 1. The summed E-state index contributed by atoms with van der Waals surface area (Å²) in [4.78, 5) is 10.9. The lowest BCUT2D eigenvalue weighted by Gasteiger charge is -2.20. The highest BCUT2D eigenvalue weighted by atomic mass is 127. The standard InChI is InChI=1S/C19H25N5.HI/c1-24(2)18-11-6-12-21-17(18)13-22-19(20)23-16-10-5-8-14-7-3-4-9-15(14)16;/h5-6,8,10-12H,3-4,7,9,13H2,1-2H3,(H3,20,22,23);1H. The van der Waals surface area contributed by atoms with Crippen molar-refractivity contribution in [2.45, 2.75) is 32.2 Å². The number of fused-ring (bicyclic) bond motifs is 1. The molecular formula is C19H26IN5. The van der Waals surface area contributed by atoms with Gasteiger partial charge in [-0.15, -0.1) is 24.0 Å². The summed E-state index contributed by atoms with van der Waals surface area (Å²) in [5.41, 5.74) is 12.0. The first-order chi connectivity index (χ1) is 11.6. The molecule has 0 radical (unpaired) electrons. The van der Waals surface area contributed by atoms with Gasteiger partial charge in [0.1, 0.15) is 0 Å². The summed E-state index contributed by atoms with van der Waals surface area (Å²) in [6, 6.07) is 10.3. The first kappa shape index (κ1) is 19.5. The molecule has 0 spiro atoms. The van der Waals surface area contributed by atoms with E-state index in [0.29, 0.717) is 12.5 Å². The van der Waals surface area contributed by atoms with E-state index in [1.807, 2.05) is 31.1 Å². The Balaban J connectivity index is 0.00000225. The average Bonchev–Trinajstić information content (AvgIpc) is 2.60. The normalized spacial score (nSPS) is 13.6. The zero-order valence-corrected chi connectivity index (χ0v) is 17.2. The second-order valence-corrected chi connectivity index (χ2v) is 6.34. The number of benzene rings is 1. The Morgan fingerprint density at radius 3 is 2.80 bits per heavy atom. The average molecular weight is 451 g/mol. The van der Waals surface area contributed by atoms with Crippen molar-refractivity contribution < 1.29 is 0 Å². The van der Waals surface area contributed by atoms with Crippen LogP contribution in [0.5, 0.6) is 0 Å². The van der Waals surface area contributed by atoms with Gasteiger partial charge in [-0.05, 0) is 55.0 Å². The van der Waals surface area contributed by atoms with Gasteiger partial charge in [0.25, 0.3) is 0 Å². The van der Waals surface area contributed by atoms with E-state index in [0.717, 1.165) is 29.9 Å². The number of nitrogens with one attached hydrogen (secondary N) is 1. The number of hydrogen-bond donors (Lipinski definition) is 2. The second-order valence-electron chi connectivity index (χ2n) is 6.34. The summed E-state index contributed by atoms with van der Waals surface area (Å²) in [5.74, 6) is 0.435. The van der Waals surface area contributed by atoms with E-state index >= 15 is 0 Å². The molecule has 1 aromatic heterocycles. The number of aryl methyl sites for hydroxylation is 1. The van der Waals surface area contributed by atoms with Gasteiger partial charge in [-0.1, -0.05) is 12.1 Å². The third kappa shape index (κ3) is 4.84. The first-order valence-corrected chi connectivity index (χ1v) is 8.44. The maximum absolute atomic E-state index is 6.11. The lowest BCUT2D eigenvalue weighted by atomic mass is 9.90. The third-order valence-corrected chi connectivity index (χ3v) is 4.41. The topological polar surface area (TPSA) is 66.5 Å². The Morgan fingerprint density at radius 2 is 2.00 bits per heavy atom. The Hall–Kier alpha value is -1.83. The van der Waals surface area contributed by atoms with Crippen LogP contribution in [0.2, 0.25) is 0 Å². The predicted octanol–water partition coefficient (Wildman–Crippen LogP) is 3.57. The molecule has 0 aliphatic heterocycles. The molecule has 0 unspecified atom stereocenters. The van der Waals surface area contributed by atoms with Gasteiger partial charge in [0, 0.05) is 26.0 Å². The molecule has 5 nitrogen and oxygen atoms in total. The maximum Gasteiger partial charge on any atom is 0.193 e. The predicted molar refractivity (Wildman–Crippen MR) is 116 cm³/mol. The van der Waals surface area contributed by atoms with Crippen molar-refractivity contribution in [1.82, 2.24) is 4.98 Å². The number of rotatable bonds is 4. The molecule has 3 N–H and O–H groups in total. The Morgan fingerprint density at radius 1 is 1.20 bits per heavy atom. The number of guanidine groups is 1. The minimum absolute atomic E-state index is 0. The summed E-state index contributed by atoms with van der Waals surface area (Å²) < 4.78 is 0. The molecule has 6 heteroatoms. The molecule has 0 saturated carbocycles. The van der Waals surface area contributed by atoms with Gasteiger partial charge in [-0.25, -0.2) is 4.99 Å². The number of nitrogens with two attached hydrogens (primary N) is 1. The van der Waals surface area contributed by atoms with Crippen molar-refractivity contribution in [3.8, 4) is 0 Å². The summed E-state index contributed by atoms with van der Waals surface area (Å²) in [6.07, 6.45) is 6.56. The molecule has 0 amide bonds. The second kappa shape index (κ2) is 9.03. The molecular weight excluding hydrogens is 425 g/mol. The summed E-state index contributed by atoms with van der Waals surface area (Å²) in [6.45, 7) is 0.461. The highest BCUT2D eigenvalue weighted by Crippen LogP contribution is 2.27. The van der Waals surface area contributed by atoms with Gasteiger partial charge in [0.05, 0.1) is 17.9 Å². The van der Waals surface area contributed by atoms with Crippen molar-refractivity contribution >= 4 is 41.3 Å². The molecule has 0 fully saturated rings. The fourth-order valence-corrected chi connectivity index (χ4v) is 3.19. The van der Waals surface area contributed by atoms with E-state index in [9.17, 15) is 0 Å². The zero-order chi connectivity index (χ0) is 16.9. The number of nitrogens with zero attached hydrogens (tertiary/aromatic N) is 3. The van der Waals surface area contributed by atoms with Crippen LogP contribution in [0.1, 0.15) is 29.7 Å². The van der Waals surface area contributed by atoms with Crippen LogP contribution in [0.3, 0.4) is 0 Å². The van der Waals surface area contributed by atoms with Gasteiger partial charge in [-0.3, -0.25) is 4.98 Å². The lowest BCUT2D eigenvalue weighted by molar-refractivity contribution is 0.687. The fraction of sp³-hybridized carbons (Fsp3) is 0.368. The Bertz CT molecular complexity index is 742. The van der Waals surface area contributed by atoms with E-state index in [2.05, 4.69) is 33.5 Å². The van der Waals surface area contributed by atoms with Gasteiger partial charge in [0.2, 0.25) is 0 Å². The van der Waals surface area contributed by atoms with Crippen LogP contribution in [0.25, 0.3) is 0 Å². The van der Waals surface area contributed by atoms with Gasteiger partial charge in [-0.2, -0.15) is 0 Å². The summed E-state index contributed by atoms with van der Waals surface area (Å²) in [5, 5.41) is 3.28. The summed E-state index contributed by atoms with van der Waals surface area (Å²) in [7, 11) is 4.00. The van der Waals surface area contributed by atoms with E-state index in [-0.39, 0.29) is 24.0 Å². The molecule has 1 aliphatic rings. The van der Waals surface area contributed by atoms with Gasteiger partial charge in [0.15, 0.2) is 5.96 Å². The van der Waals surface area contributed by atoms with E-state index in [1.165, 1.54) is 24.0 Å². The van der Waals surface area contributed by atoms with Crippen LogP contribution < -0.4 is 16.0 Å². The van der Waals surface area contributed by atoms with Crippen molar-refractivity contribution in [3.05, 3.63) is 53.3 Å². The maximum atomic E-state index is 6.11. The third-order valence-electron chi connectivity index (χ3n) is 4.41. The fourth-order valence-electron chi connectivity index (χ4n) is 3.19. The monoisotopic (exact) mass is 451 g/mol. The quantitative estimate of drug-likeness (QED) is 0.424. The minimum Gasteiger partial charge on any atom is -0.376 e. The largest absolute Gasteiger partial charge is 0.376 e. The van der Waals surface area contributed by atoms with Crippen molar-refractivity contribution in [2.75, 3.05) is 24.3 Å². The molecule has 134 valence electrons. The Kier molecular flexibility index (Phi) is 7.04. The minimum atomic E-state index is 0. The lowest BCUT2D eigenvalue weighted by Crippen LogP contribution is -2.24. The molecule has 0 saturated heterocycles. The van der Waals surface area contributed by atoms with Crippen molar-refractivity contribution in [1.29, 1.82) is 0 Å². The smallest absolute Gasteiger partial charge is 0.193 e. The van der Waals surface area contributed by atoms with Gasteiger partial charge < -0.3 is 16.0 Å². The molecule has 0 bridgehead atoms. The molecule has 1 heterocycles. The van der Waals surface area contributed by atoms with Crippen molar-refractivity contribution in [2.24, 2.45) is 10.7 Å². The van der Waals surface area contributed by atoms with Crippen LogP contribution in [0, 0.1) is 0 Å². The van der Waals surface area contributed by atoms with E-state index < -0.39 is 0 Å². The van der Waals surface area contributed by atoms with Crippen LogP contribution in [-0.4, -0.2) is 25.0 Å². The number of halogens is 1. The number of anilines is 2. The highest BCUT2D eigenvalue weighted by Gasteiger charge is 2.13. The molecule has 2 aromatic rings. The molecule has 1 aliphatic carbocycles. The van der Waals surface area contributed by atoms with Gasteiger partial charge >= 0.3 is 0 Å². The summed E-state index contributed by atoms with van der Waals surface area (Å²) >= 11 is 0. The highest BCUT2D eigenvalue weighted by molar-refractivity contribution is 14.0.